The van der Waals surface area contributed by atoms with Gasteiger partial charge in [0.2, 0.25) is 0 Å². The van der Waals surface area contributed by atoms with Gasteiger partial charge in [0.25, 0.3) is 0 Å². The molecule has 1 unspecified atom stereocenters. The first-order valence-electron chi connectivity index (χ1n) is 6.57. The number of rotatable bonds is 5. The molecular formula is C13H19N3O3S. The fraction of sp³-hybridized carbons (Fsp3) is 0.615. The smallest absolute Gasteiger partial charge is 0.358 e. The Hall–Kier alpha value is -1.47. The van der Waals surface area contributed by atoms with Gasteiger partial charge >= 0.3 is 5.97 Å². The van der Waals surface area contributed by atoms with Crippen LogP contribution in [0.25, 0.3) is 0 Å². The number of carbonyl (C=O) groups excluding carboxylic acids is 2. The second-order valence-electron chi connectivity index (χ2n) is 4.90. The molecule has 1 aromatic rings. The molecule has 1 aliphatic rings. The molecule has 0 spiro atoms. The van der Waals surface area contributed by atoms with Crippen molar-refractivity contribution in [2.45, 2.75) is 25.8 Å². The van der Waals surface area contributed by atoms with Gasteiger partial charge in [-0.2, -0.15) is 0 Å². The Kier molecular flexibility index (Phi) is 4.72. The molecule has 7 heteroatoms. The normalized spacial score (nSPS) is 19.1. The number of esters is 1. The number of carbonyl (C=O) groups is 2. The Morgan fingerprint density at radius 3 is 2.85 bits per heavy atom. The van der Waals surface area contributed by atoms with Gasteiger partial charge in [-0.25, -0.2) is 9.78 Å². The van der Waals surface area contributed by atoms with Gasteiger partial charge in [0.05, 0.1) is 7.11 Å². The Morgan fingerprint density at radius 1 is 1.55 bits per heavy atom. The maximum atomic E-state index is 11.6. The summed E-state index contributed by atoms with van der Waals surface area (Å²) in [6.07, 6.45) is 2.35. The number of hydrogen-bond donors (Lipinski definition) is 1. The zero-order chi connectivity index (χ0) is 14.7. The topological polar surface area (TPSA) is 71.5 Å². The van der Waals surface area contributed by atoms with Gasteiger partial charge in [-0.05, 0) is 26.4 Å². The van der Waals surface area contributed by atoms with E-state index in [0.29, 0.717) is 16.1 Å². The summed E-state index contributed by atoms with van der Waals surface area (Å²) in [6, 6.07) is 0.473. The molecule has 0 aliphatic carbocycles. The standard InChI is InChI=1S/C13H19N3O3S/c1-8(17)11-10(12(18)19-3)15-13(20-11)14-7-9-5-4-6-16(9)2/h9H,4-7H2,1-3H3,(H,14,15). The number of hydrogen-bond acceptors (Lipinski definition) is 7. The molecule has 2 rings (SSSR count). The van der Waals surface area contributed by atoms with E-state index in [4.69, 9.17) is 0 Å². The summed E-state index contributed by atoms with van der Waals surface area (Å²) < 4.78 is 4.65. The fourth-order valence-corrected chi connectivity index (χ4v) is 3.17. The van der Waals surface area contributed by atoms with Crippen LogP contribution in [0.4, 0.5) is 5.13 Å². The maximum absolute atomic E-state index is 11.6. The van der Waals surface area contributed by atoms with Crippen LogP contribution in [0.15, 0.2) is 0 Å². The van der Waals surface area contributed by atoms with Crippen molar-refractivity contribution in [3.05, 3.63) is 10.6 Å². The highest BCUT2D eigenvalue weighted by molar-refractivity contribution is 7.17. The third-order valence-corrected chi connectivity index (χ3v) is 4.60. The third kappa shape index (κ3) is 3.16. The molecule has 1 aromatic heterocycles. The molecule has 110 valence electrons. The van der Waals surface area contributed by atoms with E-state index in [1.54, 1.807) is 0 Å². The molecule has 1 N–H and O–H groups in total. The van der Waals surface area contributed by atoms with Crippen LogP contribution in [-0.4, -0.2) is 54.9 Å². The van der Waals surface area contributed by atoms with E-state index in [-0.39, 0.29) is 11.5 Å². The molecule has 0 saturated carbocycles. The van der Waals surface area contributed by atoms with E-state index >= 15 is 0 Å². The zero-order valence-corrected chi connectivity index (χ0v) is 12.7. The number of nitrogens with zero attached hydrogens (tertiary/aromatic N) is 2. The van der Waals surface area contributed by atoms with Gasteiger partial charge in [0.15, 0.2) is 16.6 Å². The van der Waals surface area contributed by atoms with E-state index in [9.17, 15) is 9.59 Å². The van der Waals surface area contributed by atoms with E-state index in [1.165, 1.54) is 31.8 Å². The minimum absolute atomic E-state index is 0.104. The van der Waals surface area contributed by atoms with Gasteiger partial charge < -0.3 is 15.0 Å². The van der Waals surface area contributed by atoms with Gasteiger partial charge in [-0.3, -0.25) is 4.79 Å². The van der Waals surface area contributed by atoms with Crippen LogP contribution >= 0.6 is 11.3 Å². The number of anilines is 1. The number of likely N-dealkylation sites (N-methyl/N-ethyl adjacent to an activating group) is 1. The number of aromatic nitrogens is 1. The molecule has 1 saturated heterocycles. The van der Waals surface area contributed by atoms with Crippen molar-refractivity contribution in [1.82, 2.24) is 9.88 Å². The minimum Gasteiger partial charge on any atom is -0.464 e. The number of Topliss-reactive ketones (excluding diaryl/α,β-unsaturated/α-hetero) is 1. The molecule has 0 aromatic carbocycles. The molecule has 20 heavy (non-hydrogen) atoms. The van der Waals surface area contributed by atoms with Crippen LogP contribution < -0.4 is 5.32 Å². The summed E-state index contributed by atoms with van der Waals surface area (Å²) in [7, 11) is 3.38. The summed E-state index contributed by atoms with van der Waals surface area (Å²) in [5.74, 6) is -0.744. The lowest BCUT2D eigenvalue weighted by molar-refractivity contribution is 0.0591. The quantitative estimate of drug-likeness (QED) is 0.658. The average Bonchev–Trinajstić information content (AvgIpc) is 3.01. The van der Waals surface area contributed by atoms with Crippen molar-refractivity contribution in [2.24, 2.45) is 0 Å². The van der Waals surface area contributed by atoms with E-state index in [0.717, 1.165) is 19.5 Å². The summed E-state index contributed by atoms with van der Waals surface area (Å²) in [5.41, 5.74) is 0.104. The van der Waals surface area contributed by atoms with Gasteiger partial charge in [0, 0.05) is 19.5 Å². The van der Waals surface area contributed by atoms with Crippen molar-refractivity contribution < 1.29 is 14.3 Å². The zero-order valence-electron chi connectivity index (χ0n) is 11.9. The van der Waals surface area contributed by atoms with Crippen molar-refractivity contribution in [1.29, 1.82) is 0 Å². The highest BCUT2D eigenvalue weighted by Gasteiger charge is 2.24. The molecule has 1 aliphatic heterocycles. The summed E-state index contributed by atoms with van der Waals surface area (Å²) in [4.78, 5) is 30.0. The molecule has 0 radical (unpaired) electrons. The molecule has 2 heterocycles. The fourth-order valence-electron chi connectivity index (χ4n) is 2.31. The molecule has 0 bridgehead atoms. The lowest BCUT2D eigenvalue weighted by Crippen LogP contribution is -2.31. The number of nitrogens with one attached hydrogen (secondary N) is 1. The highest BCUT2D eigenvalue weighted by Crippen LogP contribution is 2.25. The number of thiazole rings is 1. The first-order chi connectivity index (χ1) is 9.52. The van der Waals surface area contributed by atoms with E-state index in [2.05, 4.69) is 27.0 Å². The molecule has 0 amide bonds. The largest absolute Gasteiger partial charge is 0.464 e. The maximum Gasteiger partial charge on any atom is 0.358 e. The van der Waals surface area contributed by atoms with Gasteiger partial charge in [-0.15, -0.1) is 0 Å². The molecule has 6 nitrogen and oxygen atoms in total. The lowest BCUT2D eigenvalue weighted by Gasteiger charge is -2.19. The SMILES string of the molecule is COC(=O)c1nc(NCC2CCCN2C)sc1C(C)=O. The van der Waals surface area contributed by atoms with Gasteiger partial charge in [0.1, 0.15) is 4.88 Å². The van der Waals surface area contributed by atoms with E-state index in [1.807, 2.05) is 0 Å². The van der Waals surface area contributed by atoms with Crippen LogP contribution in [0.3, 0.4) is 0 Å². The first-order valence-corrected chi connectivity index (χ1v) is 7.38. The summed E-state index contributed by atoms with van der Waals surface area (Å²) >= 11 is 1.20. The van der Waals surface area contributed by atoms with Crippen LogP contribution in [0.1, 0.15) is 39.9 Å². The first kappa shape index (κ1) is 14.9. The Labute approximate surface area is 122 Å². The van der Waals surface area contributed by atoms with Crippen LogP contribution in [0.5, 0.6) is 0 Å². The Bertz CT molecular complexity index is 515. The number of ether oxygens (including phenoxy) is 1. The second kappa shape index (κ2) is 6.32. The van der Waals surface area contributed by atoms with Crippen LogP contribution in [0, 0.1) is 0 Å². The predicted octanol–water partition coefficient (Wildman–Crippen LogP) is 1.64. The molecular weight excluding hydrogens is 278 g/mol. The van der Waals surface area contributed by atoms with Crippen LogP contribution in [-0.2, 0) is 4.74 Å². The molecule has 1 atom stereocenters. The van der Waals surface area contributed by atoms with Crippen molar-refractivity contribution in [3.8, 4) is 0 Å². The third-order valence-electron chi connectivity index (χ3n) is 3.49. The summed E-state index contributed by atoms with van der Waals surface area (Å²) in [6.45, 7) is 3.30. The Balaban J connectivity index is 2.08. The van der Waals surface area contributed by atoms with Crippen molar-refractivity contribution in [2.75, 3.05) is 32.6 Å². The number of ketones is 1. The monoisotopic (exact) mass is 297 g/mol. The Morgan fingerprint density at radius 2 is 2.30 bits per heavy atom. The van der Waals surface area contributed by atoms with Gasteiger partial charge in [-0.1, -0.05) is 11.3 Å². The predicted molar refractivity (Wildman–Crippen MR) is 77.6 cm³/mol. The van der Waals surface area contributed by atoms with Crippen molar-refractivity contribution in [3.63, 3.8) is 0 Å². The van der Waals surface area contributed by atoms with Crippen LogP contribution in [0.2, 0.25) is 0 Å². The lowest BCUT2D eigenvalue weighted by atomic mass is 10.2. The minimum atomic E-state index is -0.572. The van der Waals surface area contributed by atoms with Crippen molar-refractivity contribution >= 4 is 28.2 Å². The number of likely N-dealkylation sites (tertiary alicyclic amines) is 1. The van der Waals surface area contributed by atoms with E-state index < -0.39 is 5.97 Å². The summed E-state index contributed by atoms with van der Waals surface area (Å²) in [5, 5.41) is 3.81. The molecule has 1 fully saturated rings. The number of methoxy groups -OCH3 is 1. The average molecular weight is 297 g/mol. The second-order valence-corrected chi connectivity index (χ2v) is 5.90. The highest BCUT2D eigenvalue weighted by atomic mass is 32.1.